The third-order valence-corrected chi connectivity index (χ3v) is 5.54. The largest absolute Gasteiger partial charge is 0.0649 e. The van der Waals surface area contributed by atoms with E-state index in [1.807, 2.05) is 0 Å². The van der Waals surface area contributed by atoms with Gasteiger partial charge in [0.05, 0.1) is 0 Å². The van der Waals surface area contributed by atoms with Crippen LogP contribution in [0.2, 0.25) is 0 Å². The molecule has 0 aromatic heterocycles. The molecule has 18 heavy (non-hydrogen) atoms. The van der Waals surface area contributed by atoms with E-state index in [1.54, 1.807) is 0 Å². The van der Waals surface area contributed by atoms with Gasteiger partial charge >= 0.3 is 0 Å². The van der Waals surface area contributed by atoms with E-state index in [9.17, 15) is 0 Å². The first kappa shape index (κ1) is 16.1. The van der Waals surface area contributed by atoms with Gasteiger partial charge in [-0.05, 0) is 41.9 Å². The Kier molecular flexibility index (Phi) is 5.74. The Morgan fingerprint density at radius 2 is 1.67 bits per heavy atom. The third-order valence-electron chi connectivity index (χ3n) is 5.54. The zero-order chi connectivity index (χ0) is 13.8. The van der Waals surface area contributed by atoms with Crippen molar-refractivity contribution in [1.82, 2.24) is 0 Å². The smallest absolute Gasteiger partial charge is 0.0321 e. The Labute approximate surface area is 116 Å². The van der Waals surface area contributed by atoms with Crippen molar-refractivity contribution >= 4 is 0 Å². The minimum Gasteiger partial charge on any atom is -0.0649 e. The molecule has 0 heteroatoms. The molecule has 1 rings (SSSR count). The van der Waals surface area contributed by atoms with E-state index < -0.39 is 0 Å². The zero-order valence-corrected chi connectivity index (χ0v) is 13.8. The van der Waals surface area contributed by atoms with E-state index in [1.165, 1.54) is 51.4 Å². The van der Waals surface area contributed by atoms with Crippen molar-refractivity contribution in [3.05, 3.63) is 0 Å². The second kappa shape index (κ2) is 6.44. The van der Waals surface area contributed by atoms with Crippen molar-refractivity contribution in [3.8, 4) is 0 Å². The predicted octanol–water partition coefficient (Wildman–Crippen LogP) is 6.45. The van der Waals surface area contributed by atoms with E-state index >= 15 is 0 Å². The van der Waals surface area contributed by atoms with Gasteiger partial charge < -0.3 is 0 Å². The fraction of sp³-hybridized carbons (Fsp3) is 1.00. The van der Waals surface area contributed by atoms with Gasteiger partial charge in [-0.15, -0.1) is 0 Å². The van der Waals surface area contributed by atoms with Crippen LogP contribution in [-0.4, -0.2) is 0 Å². The molecule has 1 aliphatic carbocycles. The second-order valence-corrected chi connectivity index (χ2v) is 8.20. The van der Waals surface area contributed by atoms with Crippen LogP contribution in [0.3, 0.4) is 0 Å². The van der Waals surface area contributed by atoms with Crippen molar-refractivity contribution in [2.45, 2.75) is 92.9 Å². The minimum atomic E-state index is 0.519. The van der Waals surface area contributed by atoms with Crippen molar-refractivity contribution in [2.24, 2.45) is 22.7 Å². The summed E-state index contributed by atoms with van der Waals surface area (Å²) in [6.07, 6.45) is 11.5. The Morgan fingerprint density at radius 3 is 2.17 bits per heavy atom. The Hall–Kier alpha value is 0. The van der Waals surface area contributed by atoms with Gasteiger partial charge in [-0.3, -0.25) is 0 Å². The lowest BCUT2D eigenvalue weighted by atomic mass is 9.65. The van der Waals surface area contributed by atoms with Crippen molar-refractivity contribution < 1.29 is 0 Å². The first-order chi connectivity index (χ1) is 8.30. The molecule has 3 unspecified atom stereocenters. The zero-order valence-electron chi connectivity index (χ0n) is 13.8. The van der Waals surface area contributed by atoms with Crippen LogP contribution in [0, 0.1) is 22.7 Å². The molecular formula is C18H36. The monoisotopic (exact) mass is 252 g/mol. The van der Waals surface area contributed by atoms with Gasteiger partial charge in [-0.1, -0.05) is 73.6 Å². The SMILES string of the molecule is CCC(C)(C)CC(C)(CC)CC1CCCC(C)C1. The van der Waals surface area contributed by atoms with Crippen LogP contribution in [0.15, 0.2) is 0 Å². The molecule has 1 saturated carbocycles. The number of hydrogen-bond acceptors (Lipinski definition) is 0. The lowest BCUT2D eigenvalue weighted by molar-refractivity contribution is 0.109. The number of rotatable bonds is 6. The summed E-state index contributed by atoms with van der Waals surface area (Å²) in [7, 11) is 0. The van der Waals surface area contributed by atoms with E-state index in [0.717, 1.165) is 11.8 Å². The molecular weight excluding hydrogens is 216 g/mol. The first-order valence-electron chi connectivity index (χ1n) is 8.30. The van der Waals surface area contributed by atoms with E-state index in [-0.39, 0.29) is 0 Å². The molecule has 0 saturated heterocycles. The molecule has 0 nitrogen and oxygen atoms in total. The van der Waals surface area contributed by atoms with Crippen LogP contribution < -0.4 is 0 Å². The van der Waals surface area contributed by atoms with Gasteiger partial charge in [-0.2, -0.15) is 0 Å². The highest BCUT2D eigenvalue weighted by molar-refractivity contribution is 4.84. The van der Waals surface area contributed by atoms with Gasteiger partial charge in [0.25, 0.3) is 0 Å². The summed E-state index contributed by atoms with van der Waals surface area (Å²) < 4.78 is 0. The molecule has 1 fully saturated rings. The maximum Gasteiger partial charge on any atom is -0.0321 e. The predicted molar refractivity (Wildman–Crippen MR) is 82.8 cm³/mol. The van der Waals surface area contributed by atoms with Crippen LogP contribution in [0.4, 0.5) is 0 Å². The lowest BCUT2D eigenvalue weighted by Crippen LogP contribution is -2.29. The van der Waals surface area contributed by atoms with E-state index in [0.29, 0.717) is 10.8 Å². The summed E-state index contributed by atoms with van der Waals surface area (Å²) in [5.41, 5.74) is 1.09. The van der Waals surface area contributed by atoms with Crippen molar-refractivity contribution in [2.75, 3.05) is 0 Å². The molecule has 0 bridgehead atoms. The molecule has 1 aliphatic rings. The van der Waals surface area contributed by atoms with Gasteiger partial charge in [0.15, 0.2) is 0 Å². The maximum atomic E-state index is 2.55. The van der Waals surface area contributed by atoms with Crippen molar-refractivity contribution in [3.63, 3.8) is 0 Å². The summed E-state index contributed by atoms with van der Waals surface area (Å²) >= 11 is 0. The standard InChI is InChI=1S/C18H36/c1-7-17(4,5)14-18(6,8-2)13-16-11-9-10-15(3)12-16/h15-16H,7-14H2,1-6H3. The highest BCUT2D eigenvalue weighted by atomic mass is 14.4. The molecule has 0 aliphatic heterocycles. The fourth-order valence-corrected chi connectivity index (χ4v) is 4.06. The average molecular weight is 252 g/mol. The maximum absolute atomic E-state index is 2.55. The van der Waals surface area contributed by atoms with Gasteiger partial charge in [0.2, 0.25) is 0 Å². The second-order valence-electron chi connectivity index (χ2n) is 8.20. The molecule has 0 spiro atoms. The Morgan fingerprint density at radius 1 is 1.00 bits per heavy atom. The summed E-state index contributed by atoms with van der Waals surface area (Å²) in [5, 5.41) is 0. The molecule has 0 amide bonds. The van der Waals surface area contributed by atoms with Gasteiger partial charge in [-0.25, -0.2) is 0 Å². The van der Waals surface area contributed by atoms with Crippen LogP contribution in [-0.2, 0) is 0 Å². The van der Waals surface area contributed by atoms with Gasteiger partial charge in [0, 0.05) is 0 Å². The molecule has 108 valence electrons. The molecule has 0 N–H and O–H groups in total. The topological polar surface area (TPSA) is 0 Å². The molecule has 0 aromatic carbocycles. The minimum absolute atomic E-state index is 0.519. The average Bonchev–Trinajstić information content (AvgIpc) is 2.28. The van der Waals surface area contributed by atoms with Crippen LogP contribution >= 0.6 is 0 Å². The quantitative estimate of drug-likeness (QED) is 0.510. The Balaban J connectivity index is 2.58. The molecule has 0 heterocycles. The molecule has 3 atom stereocenters. The van der Waals surface area contributed by atoms with Gasteiger partial charge in [0.1, 0.15) is 0 Å². The number of hydrogen-bond donors (Lipinski definition) is 0. The third kappa shape index (κ3) is 4.94. The molecule has 0 aromatic rings. The summed E-state index contributed by atoms with van der Waals surface area (Å²) in [6.45, 7) is 14.6. The lowest BCUT2D eigenvalue weighted by Gasteiger charge is -2.40. The summed E-state index contributed by atoms with van der Waals surface area (Å²) in [6, 6.07) is 0. The van der Waals surface area contributed by atoms with Crippen LogP contribution in [0.5, 0.6) is 0 Å². The van der Waals surface area contributed by atoms with E-state index in [2.05, 4.69) is 41.5 Å². The summed E-state index contributed by atoms with van der Waals surface area (Å²) in [5.74, 6) is 1.98. The fourth-order valence-electron chi connectivity index (χ4n) is 4.06. The molecule has 0 radical (unpaired) electrons. The Bertz CT molecular complexity index is 240. The highest BCUT2D eigenvalue weighted by Crippen LogP contribution is 2.45. The van der Waals surface area contributed by atoms with Crippen molar-refractivity contribution in [1.29, 1.82) is 0 Å². The van der Waals surface area contributed by atoms with Crippen LogP contribution in [0.1, 0.15) is 92.9 Å². The highest BCUT2D eigenvalue weighted by Gasteiger charge is 2.33. The van der Waals surface area contributed by atoms with Crippen LogP contribution in [0.25, 0.3) is 0 Å². The summed E-state index contributed by atoms with van der Waals surface area (Å²) in [4.78, 5) is 0. The normalized spacial score (nSPS) is 29.0. The van der Waals surface area contributed by atoms with E-state index in [4.69, 9.17) is 0 Å². The first-order valence-corrected chi connectivity index (χ1v) is 8.30.